The number of hydrogen-bond donors (Lipinski definition) is 0. The van der Waals surface area contributed by atoms with Gasteiger partial charge in [0.05, 0.1) is 23.6 Å². The van der Waals surface area contributed by atoms with Crippen LogP contribution in [0.15, 0.2) is 76.4 Å². The fourth-order valence-corrected chi connectivity index (χ4v) is 3.86. The van der Waals surface area contributed by atoms with Crippen molar-refractivity contribution in [3.8, 4) is 22.6 Å². The van der Waals surface area contributed by atoms with E-state index in [1.807, 2.05) is 42.5 Å². The van der Waals surface area contributed by atoms with Crippen molar-refractivity contribution in [1.82, 2.24) is 9.88 Å². The molecule has 0 radical (unpaired) electrons. The minimum Gasteiger partial charge on any atom is -0.496 e. The zero-order chi connectivity index (χ0) is 20.5. The Morgan fingerprint density at radius 1 is 1.07 bits per heavy atom. The molecule has 0 saturated carbocycles. The summed E-state index contributed by atoms with van der Waals surface area (Å²) in [5.41, 5.74) is 3.70. The molecule has 2 aromatic carbocycles. The lowest BCUT2D eigenvalue weighted by molar-refractivity contribution is 0.0890. The topological polar surface area (TPSA) is 64.8 Å². The molecule has 0 atom stereocenters. The summed E-state index contributed by atoms with van der Waals surface area (Å²) in [7, 11) is 1.59. The molecule has 0 unspecified atom stereocenters. The Kier molecular flexibility index (Phi) is 4.69. The summed E-state index contributed by atoms with van der Waals surface area (Å²) in [5, 5.41) is 0.534. The van der Waals surface area contributed by atoms with Crippen molar-refractivity contribution < 1.29 is 13.9 Å². The summed E-state index contributed by atoms with van der Waals surface area (Å²) < 4.78 is 17.4. The molecule has 0 fully saturated rings. The lowest BCUT2D eigenvalue weighted by atomic mass is 10.0. The van der Waals surface area contributed by atoms with E-state index in [2.05, 4.69) is 9.88 Å². The van der Waals surface area contributed by atoms with Crippen molar-refractivity contribution in [3.63, 3.8) is 0 Å². The quantitative estimate of drug-likeness (QED) is 0.511. The Morgan fingerprint density at radius 3 is 2.73 bits per heavy atom. The van der Waals surface area contributed by atoms with Crippen LogP contribution in [-0.2, 0) is 13.1 Å². The summed E-state index contributed by atoms with van der Waals surface area (Å²) in [4.78, 5) is 19.5. The molecule has 30 heavy (non-hydrogen) atoms. The number of hydrogen-bond acceptors (Lipinski definition) is 6. The maximum absolute atomic E-state index is 13.3. The van der Waals surface area contributed by atoms with Gasteiger partial charge >= 0.3 is 0 Å². The van der Waals surface area contributed by atoms with Crippen LogP contribution < -0.4 is 14.9 Å². The molecule has 6 heteroatoms. The fraction of sp³-hybridized carbons (Fsp3) is 0.167. The van der Waals surface area contributed by atoms with Crippen molar-refractivity contribution in [2.75, 3.05) is 13.8 Å². The van der Waals surface area contributed by atoms with Crippen LogP contribution in [0, 0.1) is 0 Å². The van der Waals surface area contributed by atoms with Gasteiger partial charge in [-0.15, -0.1) is 0 Å². The summed E-state index contributed by atoms with van der Waals surface area (Å²) in [6.07, 6.45) is 5.08. The van der Waals surface area contributed by atoms with E-state index < -0.39 is 0 Å². The van der Waals surface area contributed by atoms with E-state index in [4.69, 9.17) is 13.9 Å². The van der Waals surface area contributed by atoms with Crippen LogP contribution in [0.3, 0.4) is 0 Å². The van der Waals surface area contributed by atoms with Gasteiger partial charge in [0.2, 0.25) is 5.43 Å². The third-order valence-corrected chi connectivity index (χ3v) is 5.34. The van der Waals surface area contributed by atoms with Gasteiger partial charge in [0.25, 0.3) is 0 Å². The smallest absolute Gasteiger partial charge is 0.200 e. The molecule has 1 aliphatic rings. The van der Waals surface area contributed by atoms with Gasteiger partial charge in [0.15, 0.2) is 0 Å². The van der Waals surface area contributed by atoms with Crippen molar-refractivity contribution in [3.05, 3.63) is 88.5 Å². The van der Waals surface area contributed by atoms with Crippen LogP contribution in [0.25, 0.3) is 22.1 Å². The van der Waals surface area contributed by atoms with Gasteiger partial charge in [-0.1, -0.05) is 18.2 Å². The summed E-state index contributed by atoms with van der Waals surface area (Å²) in [5.74, 6) is 1.38. The number of ether oxygens (including phenoxy) is 2. The van der Waals surface area contributed by atoms with E-state index in [-0.39, 0.29) is 5.43 Å². The van der Waals surface area contributed by atoms with E-state index in [1.54, 1.807) is 25.6 Å². The normalized spacial score (nSPS) is 13.6. The average Bonchev–Trinajstić information content (AvgIpc) is 2.80. The third-order valence-electron chi connectivity index (χ3n) is 5.34. The van der Waals surface area contributed by atoms with Crippen molar-refractivity contribution in [2.45, 2.75) is 13.1 Å². The third kappa shape index (κ3) is 3.21. The van der Waals surface area contributed by atoms with Crippen molar-refractivity contribution in [1.29, 1.82) is 0 Å². The highest BCUT2D eigenvalue weighted by Crippen LogP contribution is 2.34. The first kappa shape index (κ1) is 18.4. The van der Waals surface area contributed by atoms with E-state index in [1.165, 1.54) is 6.26 Å². The molecule has 0 amide bonds. The number of methoxy groups -OCH3 is 1. The second-order valence-electron chi connectivity index (χ2n) is 7.21. The maximum Gasteiger partial charge on any atom is 0.200 e. The van der Waals surface area contributed by atoms with Gasteiger partial charge in [-0.2, -0.15) is 0 Å². The average molecular weight is 400 g/mol. The van der Waals surface area contributed by atoms with Gasteiger partial charge in [-0.3, -0.25) is 14.7 Å². The second-order valence-corrected chi connectivity index (χ2v) is 7.21. The number of para-hydroxylation sites is 1. The highest BCUT2D eigenvalue weighted by atomic mass is 16.5. The second kappa shape index (κ2) is 7.65. The van der Waals surface area contributed by atoms with Gasteiger partial charge in [-0.05, 0) is 35.9 Å². The van der Waals surface area contributed by atoms with E-state index in [0.29, 0.717) is 41.1 Å². The Hall–Kier alpha value is -3.64. The molecule has 2 aromatic heterocycles. The molecule has 0 bridgehead atoms. The number of rotatable bonds is 4. The maximum atomic E-state index is 13.3. The number of nitrogens with zero attached hydrogens (tertiary/aromatic N) is 2. The van der Waals surface area contributed by atoms with E-state index >= 15 is 0 Å². The highest BCUT2D eigenvalue weighted by Gasteiger charge is 2.23. The van der Waals surface area contributed by atoms with E-state index in [9.17, 15) is 4.79 Å². The van der Waals surface area contributed by atoms with Gasteiger partial charge in [0, 0.05) is 31.0 Å². The van der Waals surface area contributed by atoms with Gasteiger partial charge < -0.3 is 13.9 Å². The Labute approximate surface area is 173 Å². The Bertz CT molecular complexity index is 1270. The van der Waals surface area contributed by atoms with Crippen LogP contribution in [0.5, 0.6) is 11.5 Å². The molecule has 5 rings (SSSR count). The number of pyridine rings is 1. The molecule has 6 nitrogen and oxygen atoms in total. The van der Waals surface area contributed by atoms with Crippen LogP contribution in [0.4, 0.5) is 0 Å². The van der Waals surface area contributed by atoms with Gasteiger partial charge in [0.1, 0.15) is 30.1 Å². The molecule has 0 saturated heterocycles. The first-order valence-electron chi connectivity index (χ1n) is 9.69. The zero-order valence-electron chi connectivity index (χ0n) is 16.5. The number of aromatic nitrogens is 1. The highest BCUT2D eigenvalue weighted by molar-refractivity contribution is 5.86. The molecule has 0 N–H and O–H groups in total. The van der Waals surface area contributed by atoms with Crippen molar-refractivity contribution >= 4 is 11.0 Å². The summed E-state index contributed by atoms with van der Waals surface area (Å²) in [6, 6.07) is 15.0. The molecular weight excluding hydrogens is 380 g/mol. The fourth-order valence-electron chi connectivity index (χ4n) is 3.86. The van der Waals surface area contributed by atoms with E-state index in [0.717, 1.165) is 23.4 Å². The molecule has 150 valence electrons. The molecule has 4 aromatic rings. The van der Waals surface area contributed by atoms with Crippen LogP contribution >= 0.6 is 0 Å². The van der Waals surface area contributed by atoms with Crippen LogP contribution in [0.1, 0.15) is 11.1 Å². The summed E-state index contributed by atoms with van der Waals surface area (Å²) >= 11 is 0. The largest absolute Gasteiger partial charge is 0.496 e. The first-order chi connectivity index (χ1) is 14.7. The number of benzene rings is 2. The summed E-state index contributed by atoms with van der Waals surface area (Å²) in [6.45, 7) is 1.83. The Morgan fingerprint density at radius 2 is 1.90 bits per heavy atom. The van der Waals surface area contributed by atoms with Crippen molar-refractivity contribution in [2.24, 2.45) is 0 Å². The molecular formula is C24H20N2O4. The molecule has 3 heterocycles. The SMILES string of the molecule is COc1ccccc1-c1coc2c3c(ccc2c1=O)OCN(Cc1ccncc1)C3. The zero-order valence-corrected chi connectivity index (χ0v) is 16.5. The van der Waals surface area contributed by atoms with Crippen LogP contribution in [0.2, 0.25) is 0 Å². The predicted molar refractivity (Wildman–Crippen MR) is 113 cm³/mol. The first-order valence-corrected chi connectivity index (χ1v) is 9.69. The minimum absolute atomic E-state index is 0.0881. The standard InChI is InChI=1S/C24H20N2O4/c1-28-21-5-3-2-4-17(21)20-14-29-24-18(23(20)27)6-7-22-19(24)13-26(15-30-22)12-16-8-10-25-11-9-16/h2-11,14H,12-13,15H2,1H3. The minimum atomic E-state index is -0.0881. The molecule has 0 spiro atoms. The monoisotopic (exact) mass is 400 g/mol. The Balaban J connectivity index is 1.55. The van der Waals surface area contributed by atoms with Crippen LogP contribution in [-0.4, -0.2) is 23.7 Å². The molecule has 0 aliphatic carbocycles. The lowest BCUT2D eigenvalue weighted by Gasteiger charge is -2.29. The predicted octanol–water partition coefficient (Wildman–Crippen LogP) is 4.22. The lowest BCUT2D eigenvalue weighted by Crippen LogP contribution is -2.31. The van der Waals surface area contributed by atoms with Gasteiger partial charge in [-0.25, -0.2) is 0 Å². The molecule has 1 aliphatic heterocycles. The number of fused-ring (bicyclic) bond motifs is 3.